The molecule has 3 aliphatic rings. The van der Waals surface area contributed by atoms with Crippen molar-refractivity contribution in [2.75, 3.05) is 6.54 Å². The lowest BCUT2D eigenvalue weighted by molar-refractivity contribution is -0.746. The van der Waals surface area contributed by atoms with Crippen LogP contribution in [0.25, 0.3) is 0 Å². The molecule has 0 spiro atoms. The van der Waals surface area contributed by atoms with Crippen LogP contribution >= 0.6 is 15.9 Å². The van der Waals surface area contributed by atoms with E-state index in [0.717, 1.165) is 4.57 Å². The number of aliphatic imine (C=N–C) groups is 2. The van der Waals surface area contributed by atoms with E-state index in [9.17, 15) is 13.2 Å². The minimum absolute atomic E-state index is 0.110. The van der Waals surface area contributed by atoms with Crippen molar-refractivity contribution in [2.24, 2.45) is 15.8 Å². The second kappa shape index (κ2) is 4.97. The smallest absolute Gasteiger partial charge is 0.342 e. The van der Waals surface area contributed by atoms with Crippen LogP contribution in [0.5, 0.6) is 0 Å². The van der Waals surface area contributed by atoms with Crippen LogP contribution in [-0.2, 0) is 19.3 Å². The highest BCUT2D eigenvalue weighted by atomic mass is 79.9. The molecule has 1 atom stereocenters. The molecule has 0 aliphatic carbocycles. The number of fused-ring (bicyclic) bond motifs is 2. The van der Waals surface area contributed by atoms with Crippen LogP contribution in [0.3, 0.4) is 0 Å². The Labute approximate surface area is 142 Å². The summed E-state index contributed by atoms with van der Waals surface area (Å²) in [5.74, 6) is 6.09. The molecule has 3 aliphatic heterocycles. The Hall–Kier alpha value is -2.05. The fourth-order valence-corrected chi connectivity index (χ4v) is 3.30. The summed E-state index contributed by atoms with van der Waals surface area (Å²) in [7, 11) is 0. The summed E-state index contributed by atoms with van der Waals surface area (Å²) in [5.41, 5.74) is 0.633. The van der Waals surface area contributed by atoms with E-state index in [1.807, 2.05) is 4.90 Å². The summed E-state index contributed by atoms with van der Waals surface area (Å²) < 4.78 is 40.1. The largest absolute Gasteiger partial charge is 0.451 e. The molecule has 0 aromatic carbocycles. The summed E-state index contributed by atoms with van der Waals surface area (Å²) in [6, 6.07) is 0. The summed E-state index contributed by atoms with van der Waals surface area (Å²) in [6.07, 6.45) is 0.289. The number of allylic oxidation sites excluding steroid dienone is 1. The molecule has 2 N–H and O–H groups in total. The number of quaternary nitrogens is 1. The Kier molecular flexibility index (Phi) is 3.21. The van der Waals surface area contributed by atoms with Crippen molar-refractivity contribution in [2.45, 2.75) is 19.3 Å². The second-order valence-corrected chi connectivity index (χ2v) is 6.16. The van der Waals surface area contributed by atoms with Gasteiger partial charge < -0.3 is 9.47 Å². The zero-order chi connectivity index (χ0) is 17.1. The number of alkyl halides is 3. The summed E-state index contributed by atoms with van der Waals surface area (Å²) >= 11 is 3.34. The zero-order valence-corrected chi connectivity index (χ0v) is 13.7. The van der Waals surface area contributed by atoms with E-state index in [1.165, 1.54) is 0 Å². The first kappa shape index (κ1) is 15.5. The number of rotatable bonds is 1. The van der Waals surface area contributed by atoms with Gasteiger partial charge in [-0.05, 0) is 0 Å². The predicted molar refractivity (Wildman–Crippen MR) is 80.9 cm³/mol. The summed E-state index contributed by atoms with van der Waals surface area (Å²) in [4.78, 5) is 10.3. The zero-order valence-electron chi connectivity index (χ0n) is 12.1. The van der Waals surface area contributed by atoms with Crippen LogP contribution in [-0.4, -0.2) is 41.8 Å². The molecular weight excluding hydrogens is 393 g/mol. The number of nitrogens with zero attached hydrogens (tertiary/aromatic N) is 7. The van der Waals surface area contributed by atoms with E-state index in [2.05, 4.69) is 36.1 Å². The molecule has 1 aromatic rings. The maximum absolute atomic E-state index is 12.9. The number of aromatic nitrogens is 3. The Morgan fingerprint density at radius 2 is 2.04 bits per heavy atom. The fourth-order valence-electron chi connectivity index (χ4n) is 2.83. The minimum Gasteiger partial charge on any atom is -0.342 e. The van der Waals surface area contributed by atoms with E-state index in [1.54, 1.807) is 18.6 Å². The van der Waals surface area contributed by atoms with Gasteiger partial charge >= 0.3 is 10.9 Å². The number of halogens is 4. The molecule has 1 aromatic heterocycles. The molecule has 12 heteroatoms. The summed E-state index contributed by atoms with van der Waals surface area (Å²) in [6.45, 7) is 0.593. The van der Waals surface area contributed by atoms with Crippen LogP contribution in [0.1, 0.15) is 11.6 Å². The third kappa shape index (κ3) is 2.13. The average molecular weight is 404 g/mol. The number of hydrogen-bond acceptors (Lipinski definition) is 6. The molecule has 0 amide bonds. The average Bonchev–Trinajstić information content (AvgIpc) is 3.06. The fraction of sp³-hybridized carbons (Fsp3) is 0.333. The number of nitrogens with two attached hydrogens (primary N) is 1. The lowest BCUT2D eigenvalue weighted by Crippen LogP contribution is -2.50. The Morgan fingerprint density at radius 3 is 2.79 bits per heavy atom. The van der Waals surface area contributed by atoms with Gasteiger partial charge in [-0.1, -0.05) is 0 Å². The first-order chi connectivity index (χ1) is 11.3. The van der Waals surface area contributed by atoms with E-state index in [-0.39, 0.29) is 23.5 Å². The van der Waals surface area contributed by atoms with Crippen LogP contribution in [0.2, 0.25) is 0 Å². The molecule has 0 saturated heterocycles. The molecule has 126 valence electrons. The molecule has 4 heterocycles. The van der Waals surface area contributed by atoms with Crippen molar-refractivity contribution in [3.63, 3.8) is 0 Å². The quantitative estimate of drug-likeness (QED) is 0.435. The topological polar surface area (TPSA) is 84.7 Å². The predicted octanol–water partition coefficient (Wildman–Crippen LogP) is 1.29. The highest BCUT2D eigenvalue weighted by Gasteiger charge is 2.45. The van der Waals surface area contributed by atoms with Crippen LogP contribution in [0.15, 0.2) is 33.9 Å². The molecule has 8 nitrogen and oxygen atoms in total. The van der Waals surface area contributed by atoms with Gasteiger partial charge in [-0.15, -0.1) is 14.8 Å². The van der Waals surface area contributed by atoms with Crippen molar-refractivity contribution in [3.8, 4) is 0 Å². The van der Waals surface area contributed by atoms with Crippen LogP contribution in [0.4, 0.5) is 13.2 Å². The molecule has 1 unspecified atom stereocenters. The minimum atomic E-state index is -4.52. The molecule has 0 saturated carbocycles. The molecule has 0 radical (unpaired) electrons. The molecule has 0 fully saturated rings. The molecule has 0 bridgehead atoms. The van der Waals surface area contributed by atoms with E-state index in [4.69, 9.17) is 5.84 Å². The van der Waals surface area contributed by atoms with Crippen LogP contribution in [0, 0.1) is 0 Å². The van der Waals surface area contributed by atoms with E-state index < -0.39 is 12.0 Å². The van der Waals surface area contributed by atoms with Gasteiger partial charge in [0.2, 0.25) is 17.3 Å². The van der Waals surface area contributed by atoms with Crippen molar-refractivity contribution >= 4 is 26.9 Å². The third-order valence-electron chi connectivity index (χ3n) is 4.02. The summed E-state index contributed by atoms with van der Waals surface area (Å²) in [5, 5.41) is 6.94. The number of hydrogen-bond donors (Lipinski definition) is 1. The molecular formula is C12H11BrF3N8+. The normalized spacial score (nSPS) is 25.9. The maximum atomic E-state index is 12.9. The Balaban J connectivity index is 1.69. The first-order valence-corrected chi connectivity index (χ1v) is 7.72. The maximum Gasteiger partial charge on any atom is 0.451 e. The van der Waals surface area contributed by atoms with Gasteiger partial charge in [-0.25, -0.2) is 0 Å². The van der Waals surface area contributed by atoms with Crippen molar-refractivity contribution < 1.29 is 17.8 Å². The van der Waals surface area contributed by atoms with Gasteiger partial charge in [0.25, 0.3) is 0 Å². The van der Waals surface area contributed by atoms with E-state index in [0.29, 0.717) is 22.8 Å². The lowest BCUT2D eigenvalue weighted by atomic mass is 10.3. The van der Waals surface area contributed by atoms with Crippen LogP contribution < -0.4 is 5.84 Å². The second-order valence-electron chi connectivity index (χ2n) is 5.45. The van der Waals surface area contributed by atoms with Gasteiger partial charge in [-0.3, -0.25) is 4.99 Å². The molecule has 4 rings (SSSR count). The van der Waals surface area contributed by atoms with Crippen molar-refractivity contribution in [3.05, 3.63) is 35.6 Å². The standard InChI is InChI=1S/C12H11BrF3N8/c13-11-19-9(7-5-18-1-4-24(7,11)17)22-2-3-23-8(6-22)20-21-10(23)12(14,15)16/h1,4-5H,2-3,6,17H2/q+1. The molecule has 24 heavy (non-hydrogen) atoms. The number of amidine groups is 1. The van der Waals surface area contributed by atoms with Gasteiger partial charge in [0.15, 0.2) is 5.82 Å². The van der Waals surface area contributed by atoms with Crippen molar-refractivity contribution in [1.82, 2.24) is 19.7 Å². The van der Waals surface area contributed by atoms with Gasteiger partial charge in [0.05, 0.1) is 19.0 Å². The van der Waals surface area contributed by atoms with Gasteiger partial charge in [-0.2, -0.15) is 24.0 Å². The highest BCUT2D eigenvalue weighted by molar-refractivity contribution is 9.18. The van der Waals surface area contributed by atoms with Crippen molar-refractivity contribution in [1.29, 1.82) is 0 Å². The first-order valence-electron chi connectivity index (χ1n) is 6.93. The SMILES string of the molecule is N[N+]12C=CN=CC1=C(N1CCn3c(nnc3C(F)(F)F)C1)N=C2Br. The highest BCUT2D eigenvalue weighted by Crippen LogP contribution is 2.34. The lowest BCUT2D eigenvalue weighted by Gasteiger charge is -2.29. The third-order valence-corrected chi connectivity index (χ3v) is 4.79. The van der Waals surface area contributed by atoms with Gasteiger partial charge in [0, 0.05) is 29.0 Å². The monoisotopic (exact) mass is 403 g/mol. The Bertz CT molecular complexity index is 836. The van der Waals surface area contributed by atoms with E-state index >= 15 is 0 Å². The van der Waals surface area contributed by atoms with Gasteiger partial charge in [0.1, 0.15) is 6.20 Å². The Morgan fingerprint density at radius 1 is 1.25 bits per heavy atom.